The van der Waals surface area contributed by atoms with Crippen molar-refractivity contribution in [2.75, 3.05) is 20.7 Å². The second kappa shape index (κ2) is 5.59. The van der Waals surface area contributed by atoms with Crippen LogP contribution in [0, 0.1) is 0 Å². The number of hydrogen-bond donors (Lipinski definition) is 0. The molecule has 0 fully saturated rings. The molecule has 0 aliphatic heterocycles. The van der Waals surface area contributed by atoms with Crippen molar-refractivity contribution in [2.45, 2.75) is 13.5 Å². The lowest BCUT2D eigenvalue weighted by atomic mass is 10.2. The van der Waals surface area contributed by atoms with E-state index in [1.807, 2.05) is 38.1 Å². The molecule has 2 rings (SSSR count). The third-order valence-electron chi connectivity index (χ3n) is 2.21. The first kappa shape index (κ1) is 12.5. The maximum atomic E-state index is 5.43. The van der Waals surface area contributed by atoms with Gasteiger partial charge in [-0.15, -0.1) is 0 Å². The number of rotatable bonds is 5. The van der Waals surface area contributed by atoms with Crippen LogP contribution in [0.3, 0.4) is 0 Å². The molecule has 0 radical (unpaired) electrons. The summed E-state index contributed by atoms with van der Waals surface area (Å²) in [7, 11) is 3.90. The molecule has 0 spiro atoms. The Morgan fingerprint density at radius 3 is 2.94 bits per heavy atom. The van der Waals surface area contributed by atoms with Gasteiger partial charge in [-0.2, -0.15) is 4.98 Å². The Kier molecular flexibility index (Phi) is 3.88. The third-order valence-corrected chi connectivity index (χ3v) is 2.21. The summed E-state index contributed by atoms with van der Waals surface area (Å²) < 4.78 is 10.7. The molecule has 2 aromatic rings. The fraction of sp³-hybridized carbons (Fsp3) is 0.417. The Balaban J connectivity index is 2.28. The summed E-state index contributed by atoms with van der Waals surface area (Å²) in [5.74, 6) is 1.59. The van der Waals surface area contributed by atoms with Crippen LogP contribution in [0.15, 0.2) is 22.9 Å². The highest BCUT2D eigenvalue weighted by Gasteiger charge is 2.14. The summed E-state index contributed by atoms with van der Waals surface area (Å²) in [6, 6.07) is 3.67. The van der Waals surface area contributed by atoms with E-state index >= 15 is 0 Å². The first-order chi connectivity index (χ1) is 8.70. The minimum Gasteiger partial charge on any atom is -0.477 e. The van der Waals surface area contributed by atoms with Crippen molar-refractivity contribution in [2.24, 2.45) is 0 Å². The van der Waals surface area contributed by atoms with Crippen molar-refractivity contribution in [3.05, 3.63) is 24.2 Å². The molecule has 96 valence electrons. The molecule has 0 aliphatic carbocycles. The van der Waals surface area contributed by atoms with Crippen molar-refractivity contribution in [3.8, 4) is 17.3 Å². The molecule has 0 saturated heterocycles. The van der Waals surface area contributed by atoms with Crippen LogP contribution >= 0.6 is 0 Å². The highest BCUT2D eigenvalue weighted by molar-refractivity contribution is 5.59. The molecule has 0 N–H and O–H groups in total. The monoisotopic (exact) mass is 248 g/mol. The SMILES string of the molecule is CCOc1ncccc1-c1nc(CN(C)C)no1. The van der Waals surface area contributed by atoms with E-state index in [4.69, 9.17) is 9.26 Å². The van der Waals surface area contributed by atoms with Crippen molar-refractivity contribution in [1.82, 2.24) is 20.0 Å². The van der Waals surface area contributed by atoms with E-state index in [1.165, 1.54) is 0 Å². The zero-order valence-electron chi connectivity index (χ0n) is 10.8. The molecule has 2 aromatic heterocycles. The predicted molar refractivity (Wildman–Crippen MR) is 66.1 cm³/mol. The first-order valence-corrected chi connectivity index (χ1v) is 5.76. The molecule has 6 heteroatoms. The van der Waals surface area contributed by atoms with Crippen molar-refractivity contribution in [1.29, 1.82) is 0 Å². The van der Waals surface area contributed by atoms with E-state index < -0.39 is 0 Å². The molecule has 0 saturated carbocycles. The van der Waals surface area contributed by atoms with Gasteiger partial charge >= 0.3 is 0 Å². The zero-order chi connectivity index (χ0) is 13.0. The number of ether oxygens (including phenoxy) is 1. The maximum absolute atomic E-state index is 5.43. The molecule has 0 aliphatic rings. The summed E-state index contributed by atoms with van der Waals surface area (Å²) >= 11 is 0. The minimum absolute atomic E-state index is 0.434. The zero-order valence-corrected chi connectivity index (χ0v) is 10.8. The summed E-state index contributed by atoms with van der Waals surface area (Å²) in [6.45, 7) is 3.08. The van der Waals surface area contributed by atoms with Crippen LogP contribution in [0.25, 0.3) is 11.5 Å². The van der Waals surface area contributed by atoms with Gasteiger partial charge in [0.05, 0.1) is 13.2 Å². The predicted octanol–water partition coefficient (Wildman–Crippen LogP) is 1.59. The fourth-order valence-electron chi connectivity index (χ4n) is 1.52. The van der Waals surface area contributed by atoms with Crippen LogP contribution in [0.2, 0.25) is 0 Å². The number of pyridine rings is 1. The van der Waals surface area contributed by atoms with Gasteiger partial charge in [0, 0.05) is 6.20 Å². The van der Waals surface area contributed by atoms with E-state index in [-0.39, 0.29) is 0 Å². The van der Waals surface area contributed by atoms with Crippen LogP contribution in [0.4, 0.5) is 0 Å². The van der Waals surface area contributed by atoms with Crippen LogP contribution in [-0.4, -0.2) is 40.7 Å². The Morgan fingerprint density at radius 2 is 2.22 bits per heavy atom. The number of nitrogens with zero attached hydrogens (tertiary/aromatic N) is 4. The van der Waals surface area contributed by atoms with Crippen LogP contribution in [0.5, 0.6) is 5.88 Å². The Morgan fingerprint density at radius 1 is 1.39 bits per heavy atom. The van der Waals surface area contributed by atoms with E-state index in [0.717, 1.165) is 5.56 Å². The summed E-state index contributed by atoms with van der Waals surface area (Å²) in [5, 5.41) is 3.92. The van der Waals surface area contributed by atoms with Gasteiger partial charge in [0.2, 0.25) is 5.88 Å². The van der Waals surface area contributed by atoms with Gasteiger partial charge in [-0.05, 0) is 33.2 Å². The molecule has 6 nitrogen and oxygen atoms in total. The van der Waals surface area contributed by atoms with Crippen molar-refractivity contribution >= 4 is 0 Å². The smallest absolute Gasteiger partial charge is 0.263 e. The average molecular weight is 248 g/mol. The molecule has 0 amide bonds. The minimum atomic E-state index is 0.434. The summed E-state index contributed by atoms with van der Waals surface area (Å²) in [4.78, 5) is 10.5. The summed E-state index contributed by atoms with van der Waals surface area (Å²) in [5.41, 5.74) is 0.719. The fourth-order valence-corrected chi connectivity index (χ4v) is 1.52. The lowest BCUT2D eigenvalue weighted by Crippen LogP contribution is -2.11. The normalized spacial score (nSPS) is 10.9. The van der Waals surface area contributed by atoms with Gasteiger partial charge in [0.15, 0.2) is 5.82 Å². The molecule has 0 atom stereocenters. The van der Waals surface area contributed by atoms with Crippen LogP contribution < -0.4 is 4.74 Å². The van der Waals surface area contributed by atoms with E-state index in [9.17, 15) is 0 Å². The average Bonchev–Trinajstić information content (AvgIpc) is 2.77. The van der Waals surface area contributed by atoms with Gasteiger partial charge in [-0.25, -0.2) is 4.98 Å². The Labute approximate surface area is 106 Å². The van der Waals surface area contributed by atoms with Crippen molar-refractivity contribution in [3.63, 3.8) is 0 Å². The molecule has 18 heavy (non-hydrogen) atoms. The quantitative estimate of drug-likeness (QED) is 0.800. The molecular formula is C12H16N4O2. The van der Waals surface area contributed by atoms with Crippen molar-refractivity contribution < 1.29 is 9.26 Å². The Bertz CT molecular complexity index is 510. The van der Waals surface area contributed by atoms with Crippen LogP contribution in [0.1, 0.15) is 12.7 Å². The number of hydrogen-bond acceptors (Lipinski definition) is 6. The lowest BCUT2D eigenvalue weighted by molar-refractivity contribution is 0.325. The van der Waals surface area contributed by atoms with Gasteiger partial charge in [0.1, 0.15) is 5.56 Å². The molecule has 0 bridgehead atoms. The van der Waals surface area contributed by atoms with Gasteiger partial charge in [-0.3, -0.25) is 0 Å². The molecule has 2 heterocycles. The van der Waals surface area contributed by atoms with Gasteiger partial charge in [-0.1, -0.05) is 5.16 Å². The second-order valence-corrected chi connectivity index (χ2v) is 4.04. The first-order valence-electron chi connectivity index (χ1n) is 5.76. The van der Waals surface area contributed by atoms with E-state index in [2.05, 4.69) is 15.1 Å². The standard InChI is InChI=1S/C12H16N4O2/c1-4-17-11-9(6-5-7-13-11)12-14-10(15-18-12)8-16(2)3/h5-7H,4,8H2,1-3H3. The summed E-state index contributed by atoms with van der Waals surface area (Å²) in [6.07, 6.45) is 1.67. The molecule has 0 unspecified atom stereocenters. The van der Waals surface area contributed by atoms with Crippen LogP contribution in [-0.2, 0) is 6.54 Å². The lowest BCUT2D eigenvalue weighted by Gasteiger charge is -2.04. The third kappa shape index (κ3) is 2.84. The second-order valence-electron chi connectivity index (χ2n) is 4.04. The van der Waals surface area contributed by atoms with E-state index in [1.54, 1.807) is 6.20 Å². The van der Waals surface area contributed by atoms with Gasteiger partial charge < -0.3 is 14.2 Å². The number of aromatic nitrogens is 3. The van der Waals surface area contributed by atoms with Gasteiger partial charge in [0.25, 0.3) is 5.89 Å². The Hall–Kier alpha value is -1.95. The topological polar surface area (TPSA) is 64.3 Å². The largest absolute Gasteiger partial charge is 0.477 e. The molecule has 0 aromatic carbocycles. The molecular weight excluding hydrogens is 232 g/mol. The maximum Gasteiger partial charge on any atom is 0.263 e. The van der Waals surface area contributed by atoms with E-state index in [0.29, 0.717) is 30.7 Å². The highest BCUT2D eigenvalue weighted by Crippen LogP contribution is 2.26. The highest BCUT2D eigenvalue weighted by atomic mass is 16.5.